The zero-order valence-electron chi connectivity index (χ0n) is 14.9. The smallest absolute Gasteiger partial charge is 0.260 e. The number of anilines is 1. The molecule has 0 atom stereocenters. The maximum atomic E-state index is 13.1. The quantitative estimate of drug-likeness (QED) is 0.705. The second kappa shape index (κ2) is 7.16. The van der Waals surface area contributed by atoms with Gasteiger partial charge in [0.05, 0.1) is 17.8 Å². The summed E-state index contributed by atoms with van der Waals surface area (Å²) in [4.78, 5) is 12.8. The molecule has 1 aliphatic rings. The fourth-order valence-corrected chi connectivity index (χ4v) is 3.84. The molecular formula is C21H19ClFN3O. The van der Waals surface area contributed by atoms with E-state index in [2.05, 4.69) is 16.5 Å². The number of benzene rings is 2. The molecule has 3 aromatic rings. The Morgan fingerprint density at radius 3 is 2.70 bits per heavy atom. The molecule has 0 radical (unpaired) electrons. The Hall–Kier alpha value is -2.66. The zero-order valence-corrected chi connectivity index (χ0v) is 15.7. The number of hydrogen-bond acceptors (Lipinski definition) is 2. The van der Waals surface area contributed by atoms with E-state index in [1.807, 2.05) is 12.1 Å². The number of carbonyl (C=O) groups excluding carboxylic acids is 1. The first-order valence-corrected chi connectivity index (χ1v) is 9.29. The first-order chi connectivity index (χ1) is 13.0. The van der Waals surface area contributed by atoms with Gasteiger partial charge in [-0.3, -0.25) is 4.79 Å². The molecule has 0 aliphatic heterocycles. The van der Waals surface area contributed by atoms with E-state index in [0.717, 1.165) is 30.5 Å². The third-order valence-electron chi connectivity index (χ3n) is 4.89. The maximum Gasteiger partial charge on any atom is 0.260 e. The van der Waals surface area contributed by atoms with E-state index in [4.69, 9.17) is 11.6 Å². The van der Waals surface area contributed by atoms with Crippen LogP contribution in [0.2, 0.25) is 5.15 Å². The zero-order chi connectivity index (χ0) is 19.0. The van der Waals surface area contributed by atoms with Crippen molar-refractivity contribution in [2.75, 3.05) is 5.32 Å². The van der Waals surface area contributed by atoms with Crippen LogP contribution in [0.5, 0.6) is 0 Å². The van der Waals surface area contributed by atoms with Crippen LogP contribution in [0.3, 0.4) is 0 Å². The van der Waals surface area contributed by atoms with Gasteiger partial charge < -0.3 is 5.32 Å². The van der Waals surface area contributed by atoms with Crippen LogP contribution in [0, 0.1) is 12.7 Å². The molecule has 1 heterocycles. The number of halogens is 2. The summed E-state index contributed by atoms with van der Waals surface area (Å²) in [6, 6.07) is 12.2. The highest BCUT2D eigenvalue weighted by molar-refractivity contribution is 6.33. The number of rotatable bonds is 4. The Bertz CT molecular complexity index is 1010. The summed E-state index contributed by atoms with van der Waals surface area (Å²) in [7, 11) is 0. The topological polar surface area (TPSA) is 46.9 Å². The van der Waals surface area contributed by atoms with Crippen molar-refractivity contribution in [3.63, 3.8) is 0 Å². The van der Waals surface area contributed by atoms with Gasteiger partial charge in [0.2, 0.25) is 0 Å². The molecule has 1 aromatic heterocycles. The van der Waals surface area contributed by atoms with E-state index < -0.39 is 0 Å². The van der Waals surface area contributed by atoms with Gasteiger partial charge in [0, 0.05) is 5.69 Å². The lowest BCUT2D eigenvalue weighted by Crippen LogP contribution is -2.13. The van der Waals surface area contributed by atoms with Gasteiger partial charge in [0.25, 0.3) is 5.91 Å². The van der Waals surface area contributed by atoms with Crippen molar-refractivity contribution >= 4 is 23.2 Å². The molecule has 0 fully saturated rings. The minimum Gasteiger partial charge on any atom is -0.322 e. The predicted molar refractivity (Wildman–Crippen MR) is 104 cm³/mol. The Labute approximate surface area is 162 Å². The number of fused-ring (bicyclic) bond motifs is 1. The molecule has 6 heteroatoms. The lowest BCUT2D eigenvalue weighted by atomic mass is 10.1. The molecule has 0 bridgehead atoms. The van der Waals surface area contributed by atoms with Gasteiger partial charge in [0.15, 0.2) is 0 Å². The average Bonchev–Trinajstić information content (AvgIpc) is 3.21. The van der Waals surface area contributed by atoms with E-state index >= 15 is 0 Å². The first kappa shape index (κ1) is 17.7. The third kappa shape index (κ3) is 3.60. The second-order valence-corrected chi connectivity index (χ2v) is 7.18. The Balaban J connectivity index is 1.55. The fourth-order valence-electron chi connectivity index (χ4n) is 3.52. The normalized spacial score (nSPS) is 12.9. The number of aryl methyl sites for hydroxylation is 3. The molecule has 0 saturated heterocycles. The van der Waals surface area contributed by atoms with Crippen molar-refractivity contribution in [2.45, 2.75) is 32.7 Å². The van der Waals surface area contributed by atoms with Gasteiger partial charge in [-0.1, -0.05) is 29.8 Å². The standard InChI is InChI=1S/C21H19ClFN3O/c1-13-19(20(22)26(25-13)12-14-5-8-17(23)9-6-14)21(27)24-18-10-7-15-3-2-4-16(15)11-18/h5-11H,2-4,12H2,1H3,(H,24,27). The maximum absolute atomic E-state index is 13.1. The highest BCUT2D eigenvalue weighted by Crippen LogP contribution is 2.26. The Kier molecular flexibility index (Phi) is 4.70. The van der Waals surface area contributed by atoms with Crippen LogP contribution in [0.25, 0.3) is 0 Å². The van der Waals surface area contributed by atoms with Crippen LogP contribution in [-0.2, 0) is 19.4 Å². The minimum atomic E-state index is -0.295. The van der Waals surface area contributed by atoms with Gasteiger partial charge in [-0.05, 0) is 67.1 Å². The average molecular weight is 384 g/mol. The Morgan fingerprint density at radius 2 is 1.93 bits per heavy atom. The van der Waals surface area contributed by atoms with Crippen LogP contribution in [-0.4, -0.2) is 15.7 Å². The molecule has 27 heavy (non-hydrogen) atoms. The summed E-state index contributed by atoms with van der Waals surface area (Å²) >= 11 is 6.43. The van der Waals surface area contributed by atoms with Crippen molar-refractivity contribution in [3.8, 4) is 0 Å². The molecule has 138 valence electrons. The summed E-state index contributed by atoms with van der Waals surface area (Å²) in [6.45, 7) is 2.12. The summed E-state index contributed by atoms with van der Waals surface area (Å²) in [5, 5.41) is 7.58. The molecule has 1 N–H and O–H groups in total. The van der Waals surface area contributed by atoms with E-state index in [0.29, 0.717) is 17.8 Å². The van der Waals surface area contributed by atoms with Crippen molar-refractivity contribution in [1.82, 2.24) is 9.78 Å². The molecule has 0 spiro atoms. The molecule has 2 aromatic carbocycles. The van der Waals surface area contributed by atoms with Crippen LogP contribution in [0.1, 0.15) is 39.2 Å². The summed E-state index contributed by atoms with van der Waals surface area (Å²) in [5.74, 6) is -0.572. The Morgan fingerprint density at radius 1 is 1.19 bits per heavy atom. The summed E-state index contributed by atoms with van der Waals surface area (Å²) in [6.07, 6.45) is 3.31. The van der Waals surface area contributed by atoms with E-state index in [1.165, 1.54) is 23.3 Å². The van der Waals surface area contributed by atoms with Crippen molar-refractivity contribution < 1.29 is 9.18 Å². The van der Waals surface area contributed by atoms with Crippen LogP contribution < -0.4 is 5.32 Å². The molecular weight excluding hydrogens is 365 g/mol. The van der Waals surface area contributed by atoms with Gasteiger partial charge in [0.1, 0.15) is 11.0 Å². The van der Waals surface area contributed by atoms with Crippen molar-refractivity contribution in [1.29, 1.82) is 0 Å². The van der Waals surface area contributed by atoms with Crippen molar-refractivity contribution in [3.05, 3.63) is 81.4 Å². The van der Waals surface area contributed by atoms with Crippen LogP contribution >= 0.6 is 11.6 Å². The second-order valence-electron chi connectivity index (χ2n) is 6.83. The largest absolute Gasteiger partial charge is 0.322 e. The summed E-state index contributed by atoms with van der Waals surface area (Å²) < 4.78 is 14.6. The van der Waals surface area contributed by atoms with Crippen LogP contribution in [0.4, 0.5) is 10.1 Å². The lowest BCUT2D eigenvalue weighted by molar-refractivity contribution is 0.102. The number of amides is 1. The number of aromatic nitrogens is 2. The fraction of sp³-hybridized carbons (Fsp3) is 0.238. The molecule has 1 aliphatic carbocycles. The molecule has 4 nitrogen and oxygen atoms in total. The number of carbonyl (C=O) groups is 1. The summed E-state index contributed by atoms with van der Waals surface area (Å²) in [5.41, 5.74) is 5.19. The molecule has 0 saturated carbocycles. The van der Waals surface area contributed by atoms with Gasteiger partial charge >= 0.3 is 0 Å². The molecule has 1 amide bonds. The van der Waals surface area contributed by atoms with E-state index in [1.54, 1.807) is 23.7 Å². The van der Waals surface area contributed by atoms with Crippen LogP contribution in [0.15, 0.2) is 42.5 Å². The number of hydrogen-bond donors (Lipinski definition) is 1. The molecule has 0 unspecified atom stereocenters. The number of nitrogens with zero attached hydrogens (tertiary/aromatic N) is 2. The molecule has 4 rings (SSSR count). The van der Waals surface area contributed by atoms with Gasteiger partial charge in [-0.15, -0.1) is 0 Å². The predicted octanol–water partition coefficient (Wildman–Crippen LogP) is 4.77. The monoisotopic (exact) mass is 383 g/mol. The van der Waals surface area contributed by atoms with Crippen molar-refractivity contribution in [2.24, 2.45) is 0 Å². The van der Waals surface area contributed by atoms with E-state index in [-0.39, 0.29) is 16.9 Å². The van der Waals surface area contributed by atoms with Gasteiger partial charge in [-0.25, -0.2) is 9.07 Å². The third-order valence-corrected chi connectivity index (χ3v) is 5.28. The van der Waals surface area contributed by atoms with E-state index in [9.17, 15) is 9.18 Å². The SMILES string of the molecule is Cc1nn(Cc2ccc(F)cc2)c(Cl)c1C(=O)Nc1ccc2c(c1)CCC2. The highest BCUT2D eigenvalue weighted by atomic mass is 35.5. The number of nitrogens with one attached hydrogen (secondary N) is 1. The highest BCUT2D eigenvalue weighted by Gasteiger charge is 2.21. The first-order valence-electron chi connectivity index (χ1n) is 8.92. The lowest BCUT2D eigenvalue weighted by Gasteiger charge is -2.08. The van der Waals surface area contributed by atoms with Gasteiger partial charge in [-0.2, -0.15) is 5.10 Å². The minimum absolute atomic E-state index is 0.274.